The average molecular weight is 358 g/mol. The van der Waals surface area contributed by atoms with Crippen molar-refractivity contribution in [1.29, 1.82) is 0 Å². The molecule has 0 saturated carbocycles. The van der Waals surface area contributed by atoms with Crippen LogP contribution in [0.2, 0.25) is 0 Å². The van der Waals surface area contributed by atoms with Gasteiger partial charge in [0, 0.05) is 44.0 Å². The molecule has 25 heavy (non-hydrogen) atoms. The summed E-state index contributed by atoms with van der Waals surface area (Å²) in [5.74, 6) is -0.421. The molecule has 2 heterocycles. The van der Waals surface area contributed by atoms with Gasteiger partial charge in [0.05, 0.1) is 0 Å². The topological polar surface area (TPSA) is 82.6 Å². The van der Waals surface area contributed by atoms with Gasteiger partial charge in [0.15, 0.2) is 5.13 Å². The number of piperazine rings is 1. The average Bonchev–Trinajstić information content (AvgIpc) is 3.10. The molecule has 1 N–H and O–H groups in total. The van der Waals surface area contributed by atoms with Crippen LogP contribution in [-0.4, -0.2) is 58.7 Å². The van der Waals surface area contributed by atoms with E-state index in [1.807, 2.05) is 6.07 Å². The quantitative estimate of drug-likeness (QED) is 0.905. The smallest absolute Gasteiger partial charge is 0.273 e. The predicted octanol–water partition coefficient (Wildman–Crippen LogP) is 1.70. The van der Waals surface area contributed by atoms with Gasteiger partial charge in [-0.3, -0.25) is 19.7 Å². The molecule has 0 atom stereocenters. The van der Waals surface area contributed by atoms with E-state index in [-0.39, 0.29) is 17.7 Å². The van der Waals surface area contributed by atoms with Crippen LogP contribution in [0.5, 0.6) is 0 Å². The van der Waals surface area contributed by atoms with Gasteiger partial charge in [-0.1, -0.05) is 18.2 Å². The summed E-state index contributed by atoms with van der Waals surface area (Å²) in [4.78, 5) is 43.6. The largest absolute Gasteiger partial charge is 0.339 e. The Kier molecular flexibility index (Phi) is 5.08. The van der Waals surface area contributed by atoms with E-state index in [0.717, 1.165) is 0 Å². The summed E-state index contributed by atoms with van der Waals surface area (Å²) in [7, 11) is 0. The van der Waals surface area contributed by atoms with Gasteiger partial charge in [-0.15, -0.1) is 11.3 Å². The molecule has 0 spiro atoms. The van der Waals surface area contributed by atoms with Crippen LogP contribution in [-0.2, 0) is 4.79 Å². The van der Waals surface area contributed by atoms with Crippen LogP contribution in [0.15, 0.2) is 35.7 Å². The first-order valence-electron chi connectivity index (χ1n) is 7.91. The minimum absolute atomic E-state index is 0.0201. The number of anilines is 1. The first-order chi connectivity index (χ1) is 12.0. The molecule has 0 aliphatic carbocycles. The van der Waals surface area contributed by atoms with Gasteiger partial charge in [-0.25, -0.2) is 4.98 Å². The van der Waals surface area contributed by atoms with E-state index in [4.69, 9.17) is 0 Å². The van der Waals surface area contributed by atoms with E-state index in [1.54, 1.807) is 39.4 Å². The summed E-state index contributed by atoms with van der Waals surface area (Å²) in [6, 6.07) is 8.83. The molecule has 1 aliphatic rings. The Morgan fingerprint density at radius 1 is 1.04 bits per heavy atom. The zero-order valence-corrected chi connectivity index (χ0v) is 14.6. The number of thiazole rings is 1. The van der Waals surface area contributed by atoms with Crippen molar-refractivity contribution in [2.75, 3.05) is 31.5 Å². The van der Waals surface area contributed by atoms with Crippen molar-refractivity contribution in [3.8, 4) is 0 Å². The zero-order chi connectivity index (χ0) is 17.8. The van der Waals surface area contributed by atoms with Crippen molar-refractivity contribution < 1.29 is 14.4 Å². The minimum Gasteiger partial charge on any atom is -0.339 e. The molecule has 1 saturated heterocycles. The van der Waals surface area contributed by atoms with Gasteiger partial charge in [-0.2, -0.15) is 0 Å². The number of nitrogens with one attached hydrogen (secondary N) is 1. The van der Waals surface area contributed by atoms with Gasteiger partial charge < -0.3 is 9.80 Å². The molecule has 3 rings (SSSR count). The van der Waals surface area contributed by atoms with E-state index in [0.29, 0.717) is 42.6 Å². The van der Waals surface area contributed by atoms with Crippen LogP contribution >= 0.6 is 11.3 Å². The zero-order valence-electron chi connectivity index (χ0n) is 13.8. The van der Waals surface area contributed by atoms with E-state index in [9.17, 15) is 14.4 Å². The lowest BCUT2D eigenvalue weighted by Gasteiger charge is -2.33. The van der Waals surface area contributed by atoms with E-state index in [1.165, 1.54) is 18.3 Å². The van der Waals surface area contributed by atoms with Crippen molar-refractivity contribution in [2.24, 2.45) is 0 Å². The molecule has 2 aromatic rings. The minimum atomic E-state index is -0.260. The monoisotopic (exact) mass is 358 g/mol. The van der Waals surface area contributed by atoms with E-state index >= 15 is 0 Å². The fraction of sp³-hybridized carbons (Fsp3) is 0.294. The highest BCUT2D eigenvalue weighted by Gasteiger charge is 2.25. The van der Waals surface area contributed by atoms with Crippen LogP contribution in [0.3, 0.4) is 0 Å². The molecule has 8 heteroatoms. The lowest BCUT2D eigenvalue weighted by molar-refractivity contribution is -0.130. The molecule has 1 aromatic heterocycles. The number of hydrogen-bond donors (Lipinski definition) is 1. The summed E-state index contributed by atoms with van der Waals surface area (Å²) in [5.41, 5.74) is 0.843. The molecule has 1 aliphatic heterocycles. The Labute approximate surface area is 149 Å². The summed E-state index contributed by atoms with van der Waals surface area (Å²) >= 11 is 1.22. The predicted molar refractivity (Wildman–Crippen MR) is 94.7 cm³/mol. The highest BCUT2D eigenvalue weighted by molar-refractivity contribution is 7.14. The Morgan fingerprint density at radius 3 is 2.32 bits per heavy atom. The van der Waals surface area contributed by atoms with Gasteiger partial charge in [0.2, 0.25) is 5.91 Å². The first kappa shape index (κ1) is 17.1. The molecule has 0 radical (unpaired) electrons. The number of hydrogen-bond acceptors (Lipinski definition) is 5. The highest BCUT2D eigenvalue weighted by Crippen LogP contribution is 2.18. The maximum absolute atomic E-state index is 12.5. The third kappa shape index (κ3) is 4.03. The van der Waals surface area contributed by atoms with Crippen LogP contribution in [0.25, 0.3) is 0 Å². The van der Waals surface area contributed by atoms with Crippen LogP contribution in [0.1, 0.15) is 27.8 Å². The molecule has 3 amide bonds. The number of amides is 3. The van der Waals surface area contributed by atoms with Crippen molar-refractivity contribution >= 4 is 34.2 Å². The first-order valence-corrected chi connectivity index (χ1v) is 8.79. The Bertz CT molecular complexity index is 782. The number of aromatic nitrogens is 1. The van der Waals surface area contributed by atoms with Crippen LogP contribution in [0.4, 0.5) is 5.13 Å². The summed E-state index contributed by atoms with van der Waals surface area (Å²) < 4.78 is 0. The van der Waals surface area contributed by atoms with Crippen molar-refractivity contribution in [2.45, 2.75) is 6.92 Å². The maximum Gasteiger partial charge on any atom is 0.273 e. The van der Waals surface area contributed by atoms with Crippen molar-refractivity contribution in [1.82, 2.24) is 14.8 Å². The van der Waals surface area contributed by atoms with E-state index < -0.39 is 0 Å². The molecule has 130 valence electrons. The molecule has 7 nitrogen and oxygen atoms in total. The lowest BCUT2D eigenvalue weighted by Crippen LogP contribution is -2.50. The Hall–Kier alpha value is -2.74. The molecular weight excluding hydrogens is 340 g/mol. The second kappa shape index (κ2) is 7.43. The van der Waals surface area contributed by atoms with E-state index in [2.05, 4.69) is 10.3 Å². The maximum atomic E-state index is 12.5. The number of carbonyl (C=O) groups excluding carboxylic acids is 3. The van der Waals surface area contributed by atoms with Crippen molar-refractivity contribution in [3.63, 3.8) is 0 Å². The molecule has 1 fully saturated rings. The Morgan fingerprint density at radius 2 is 1.68 bits per heavy atom. The number of benzene rings is 1. The number of nitrogens with zero attached hydrogens (tertiary/aromatic N) is 3. The van der Waals surface area contributed by atoms with Gasteiger partial charge in [0.1, 0.15) is 5.69 Å². The normalized spacial score (nSPS) is 14.3. The molecule has 0 unspecified atom stereocenters. The van der Waals surface area contributed by atoms with Crippen LogP contribution in [0, 0.1) is 0 Å². The summed E-state index contributed by atoms with van der Waals surface area (Å²) in [6.45, 7) is 3.56. The van der Waals surface area contributed by atoms with Gasteiger partial charge in [0.25, 0.3) is 11.8 Å². The summed E-state index contributed by atoms with van der Waals surface area (Å²) in [6.07, 6.45) is 0. The lowest BCUT2D eigenvalue weighted by atomic mass is 10.2. The Balaban J connectivity index is 1.60. The summed E-state index contributed by atoms with van der Waals surface area (Å²) in [5, 5.41) is 4.73. The highest BCUT2D eigenvalue weighted by atomic mass is 32.1. The number of carbonyl (C=O) groups is 3. The fourth-order valence-corrected chi connectivity index (χ4v) is 3.25. The molecular formula is C17H18N4O3S. The standard InChI is InChI=1S/C17H18N4O3S/c1-12(22)20-7-9-21(10-8-20)16(24)14-11-25-17(18-14)19-15(23)13-5-3-2-4-6-13/h2-6,11H,7-10H2,1H3,(H,18,19,23). The molecule has 0 bridgehead atoms. The number of rotatable bonds is 3. The fourth-order valence-electron chi connectivity index (χ4n) is 2.57. The van der Waals surface area contributed by atoms with Gasteiger partial charge >= 0.3 is 0 Å². The third-order valence-electron chi connectivity index (χ3n) is 3.99. The SMILES string of the molecule is CC(=O)N1CCN(C(=O)c2csc(NC(=O)c3ccccc3)n2)CC1. The second-order valence-electron chi connectivity index (χ2n) is 5.66. The second-order valence-corrected chi connectivity index (χ2v) is 6.51. The van der Waals surface area contributed by atoms with Crippen LogP contribution < -0.4 is 5.32 Å². The van der Waals surface area contributed by atoms with Crippen molar-refractivity contribution in [3.05, 3.63) is 47.0 Å². The third-order valence-corrected chi connectivity index (χ3v) is 4.75. The van der Waals surface area contributed by atoms with Gasteiger partial charge in [-0.05, 0) is 12.1 Å². The molecule has 1 aromatic carbocycles.